The lowest BCUT2D eigenvalue weighted by atomic mass is 10.4. The molecule has 0 fully saturated rings. The van der Waals surface area contributed by atoms with Gasteiger partial charge < -0.3 is 0 Å². The predicted octanol–water partition coefficient (Wildman–Crippen LogP) is 2.91. The average molecular weight is 330 g/mol. The van der Waals surface area contributed by atoms with E-state index in [0.717, 1.165) is 17.8 Å². The Morgan fingerprint density at radius 1 is 1.50 bits per heavy atom. The summed E-state index contributed by atoms with van der Waals surface area (Å²) < 4.78 is 0. The number of hydrogen-bond donors (Lipinski definition) is 1. The van der Waals surface area contributed by atoms with Crippen molar-refractivity contribution in [1.29, 1.82) is 0 Å². The Morgan fingerprint density at radius 2 is 2.30 bits per heavy atom. The molecule has 0 bridgehead atoms. The molecule has 0 radical (unpaired) electrons. The molecule has 2 rings (SSSR count). The molecule has 0 aliphatic rings. The van der Waals surface area contributed by atoms with Gasteiger partial charge >= 0.3 is 0 Å². The van der Waals surface area contributed by atoms with Crippen LogP contribution in [0.3, 0.4) is 0 Å². The number of halogens is 1. The van der Waals surface area contributed by atoms with E-state index >= 15 is 0 Å². The number of carbonyl (C=O) groups excluding carboxylic acids is 1. The zero-order valence-corrected chi connectivity index (χ0v) is 13.3. The highest BCUT2D eigenvalue weighted by Crippen LogP contribution is 2.20. The Morgan fingerprint density at radius 3 is 3.00 bits per heavy atom. The summed E-state index contributed by atoms with van der Waals surface area (Å²) in [4.78, 5) is 20.2. The summed E-state index contributed by atoms with van der Waals surface area (Å²) in [5.41, 5.74) is 0.137. The molecule has 9 heteroatoms. The second-order valence-electron chi connectivity index (χ2n) is 3.76. The fourth-order valence-electron chi connectivity index (χ4n) is 1.38. The molecule has 2 heterocycles. The first-order chi connectivity index (χ1) is 9.63. The van der Waals surface area contributed by atoms with E-state index in [0.29, 0.717) is 10.3 Å². The second-order valence-corrected chi connectivity index (χ2v) is 6.00. The minimum absolute atomic E-state index is 0.137. The van der Waals surface area contributed by atoms with Gasteiger partial charge in [0.05, 0.1) is 11.2 Å². The summed E-state index contributed by atoms with van der Waals surface area (Å²) in [6.07, 6.45) is 5.07. The largest absolute Gasteiger partial charge is 0.295 e. The summed E-state index contributed by atoms with van der Waals surface area (Å²) >= 11 is 8.63. The Balaban J connectivity index is 2.14. The van der Waals surface area contributed by atoms with Crippen molar-refractivity contribution >= 4 is 45.7 Å². The molecule has 0 aromatic carbocycles. The van der Waals surface area contributed by atoms with Crippen LogP contribution < -0.4 is 5.32 Å². The lowest BCUT2D eigenvalue weighted by Crippen LogP contribution is -2.15. The van der Waals surface area contributed by atoms with Gasteiger partial charge in [-0.15, -0.1) is 10.2 Å². The van der Waals surface area contributed by atoms with Gasteiger partial charge in [-0.05, 0) is 12.7 Å². The van der Waals surface area contributed by atoms with E-state index in [4.69, 9.17) is 11.6 Å². The van der Waals surface area contributed by atoms with Crippen molar-refractivity contribution in [3.8, 4) is 0 Å². The SMILES string of the molecule is CCCc1nnc(NC(=O)c2nc(SC)ncc2Cl)s1. The van der Waals surface area contributed by atoms with Gasteiger partial charge in [-0.1, -0.05) is 41.6 Å². The number of anilines is 1. The fourth-order valence-corrected chi connectivity index (χ4v) is 2.74. The molecule has 1 amide bonds. The summed E-state index contributed by atoms with van der Waals surface area (Å²) in [5, 5.41) is 12.6. The zero-order chi connectivity index (χ0) is 14.5. The van der Waals surface area contributed by atoms with Crippen molar-refractivity contribution in [2.75, 3.05) is 11.6 Å². The van der Waals surface area contributed by atoms with Crippen molar-refractivity contribution in [3.63, 3.8) is 0 Å². The van der Waals surface area contributed by atoms with Crippen molar-refractivity contribution in [3.05, 3.63) is 21.9 Å². The molecule has 6 nitrogen and oxygen atoms in total. The maximum absolute atomic E-state index is 12.1. The van der Waals surface area contributed by atoms with E-state index in [1.54, 1.807) is 0 Å². The van der Waals surface area contributed by atoms with Crippen LogP contribution in [0.15, 0.2) is 11.4 Å². The quantitative estimate of drug-likeness (QED) is 0.671. The van der Waals surface area contributed by atoms with Gasteiger partial charge in [0.25, 0.3) is 5.91 Å². The topological polar surface area (TPSA) is 80.7 Å². The van der Waals surface area contributed by atoms with E-state index in [1.165, 1.54) is 29.3 Å². The van der Waals surface area contributed by atoms with Gasteiger partial charge in [0, 0.05) is 6.42 Å². The molecule has 106 valence electrons. The number of nitrogens with zero attached hydrogens (tertiary/aromatic N) is 4. The molecule has 2 aromatic heterocycles. The minimum atomic E-state index is -0.410. The van der Waals surface area contributed by atoms with E-state index < -0.39 is 5.91 Å². The summed E-state index contributed by atoms with van der Waals surface area (Å²) in [7, 11) is 0. The van der Waals surface area contributed by atoms with Gasteiger partial charge in [-0.2, -0.15) is 0 Å². The van der Waals surface area contributed by atoms with E-state index in [2.05, 4.69) is 32.4 Å². The highest BCUT2D eigenvalue weighted by Gasteiger charge is 2.16. The van der Waals surface area contributed by atoms with Gasteiger partial charge in [0.2, 0.25) is 5.13 Å². The van der Waals surface area contributed by atoms with E-state index in [9.17, 15) is 4.79 Å². The summed E-state index contributed by atoms with van der Waals surface area (Å²) in [6, 6.07) is 0. The second kappa shape index (κ2) is 6.96. The first kappa shape index (κ1) is 15.1. The van der Waals surface area contributed by atoms with Crippen LogP contribution >= 0.6 is 34.7 Å². The van der Waals surface area contributed by atoms with Crippen LogP contribution in [0.1, 0.15) is 28.8 Å². The number of nitrogens with one attached hydrogen (secondary N) is 1. The molecular weight excluding hydrogens is 318 g/mol. The molecule has 0 saturated carbocycles. The first-order valence-electron chi connectivity index (χ1n) is 5.84. The van der Waals surface area contributed by atoms with Crippen molar-refractivity contribution in [1.82, 2.24) is 20.2 Å². The summed E-state index contributed by atoms with van der Waals surface area (Å²) in [5.74, 6) is -0.410. The maximum atomic E-state index is 12.1. The Bertz CT molecular complexity index is 619. The standard InChI is InChI=1S/C11H12ClN5OS2/c1-3-4-7-16-17-11(20-7)15-9(18)8-6(12)5-13-10(14-8)19-2/h5H,3-4H2,1-2H3,(H,15,17,18). The number of rotatable bonds is 5. The Labute approximate surface area is 129 Å². The van der Waals surface area contributed by atoms with Crippen LogP contribution in [0.25, 0.3) is 0 Å². The van der Waals surface area contributed by atoms with Crippen LogP contribution in [-0.2, 0) is 6.42 Å². The molecule has 0 spiro atoms. The molecule has 0 aliphatic carbocycles. The number of aromatic nitrogens is 4. The van der Waals surface area contributed by atoms with Crippen molar-refractivity contribution < 1.29 is 4.79 Å². The number of aryl methyl sites for hydroxylation is 1. The van der Waals surface area contributed by atoms with Crippen LogP contribution in [0, 0.1) is 0 Å². The zero-order valence-electron chi connectivity index (χ0n) is 10.9. The van der Waals surface area contributed by atoms with Gasteiger partial charge in [0.15, 0.2) is 10.9 Å². The molecule has 0 saturated heterocycles. The lowest BCUT2D eigenvalue weighted by molar-refractivity contribution is 0.102. The third kappa shape index (κ3) is 3.65. The minimum Gasteiger partial charge on any atom is -0.295 e. The average Bonchev–Trinajstić information content (AvgIpc) is 2.87. The fraction of sp³-hybridized carbons (Fsp3) is 0.364. The monoisotopic (exact) mass is 329 g/mol. The Hall–Kier alpha value is -1.25. The van der Waals surface area contributed by atoms with Crippen LogP contribution in [0.4, 0.5) is 5.13 Å². The molecule has 2 aromatic rings. The van der Waals surface area contributed by atoms with Crippen molar-refractivity contribution in [2.24, 2.45) is 0 Å². The molecule has 0 aliphatic heterocycles. The normalized spacial score (nSPS) is 10.6. The third-order valence-corrected chi connectivity index (χ3v) is 4.01. The number of thioether (sulfide) groups is 1. The van der Waals surface area contributed by atoms with Gasteiger partial charge in [-0.3, -0.25) is 10.1 Å². The predicted molar refractivity (Wildman–Crippen MR) is 80.7 cm³/mol. The molecule has 1 N–H and O–H groups in total. The highest BCUT2D eigenvalue weighted by atomic mass is 35.5. The smallest absolute Gasteiger partial charge is 0.277 e. The first-order valence-corrected chi connectivity index (χ1v) is 8.26. The van der Waals surface area contributed by atoms with Gasteiger partial charge in [-0.25, -0.2) is 9.97 Å². The number of hydrogen-bond acceptors (Lipinski definition) is 7. The maximum Gasteiger partial charge on any atom is 0.277 e. The third-order valence-electron chi connectivity index (χ3n) is 2.27. The van der Waals surface area contributed by atoms with Crippen LogP contribution in [0.5, 0.6) is 0 Å². The van der Waals surface area contributed by atoms with Gasteiger partial charge in [0.1, 0.15) is 5.01 Å². The van der Waals surface area contributed by atoms with Crippen LogP contribution in [0.2, 0.25) is 5.02 Å². The van der Waals surface area contributed by atoms with E-state index in [1.807, 2.05) is 6.26 Å². The highest BCUT2D eigenvalue weighted by molar-refractivity contribution is 7.98. The Kier molecular flexibility index (Phi) is 5.27. The van der Waals surface area contributed by atoms with E-state index in [-0.39, 0.29) is 10.7 Å². The molecule has 0 atom stereocenters. The van der Waals surface area contributed by atoms with Crippen molar-refractivity contribution in [2.45, 2.75) is 24.9 Å². The number of carbonyl (C=O) groups is 1. The molecule has 0 unspecified atom stereocenters. The number of amides is 1. The molecule has 20 heavy (non-hydrogen) atoms. The molecular formula is C11H12ClN5OS2. The summed E-state index contributed by atoms with van der Waals surface area (Å²) in [6.45, 7) is 2.06. The lowest BCUT2D eigenvalue weighted by Gasteiger charge is -2.03. The van der Waals surface area contributed by atoms with Crippen LogP contribution in [-0.4, -0.2) is 32.3 Å².